The Kier molecular flexibility index (Phi) is 4.45. The zero-order valence-corrected chi connectivity index (χ0v) is 14.2. The smallest absolute Gasteiger partial charge is 0.261 e. The molecule has 6 heteroatoms. The van der Waals surface area contributed by atoms with Crippen LogP contribution in [0.15, 0.2) is 36.4 Å². The van der Waals surface area contributed by atoms with E-state index in [-0.39, 0.29) is 11.9 Å². The van der Waals surface area contributed by atoms with Gasteiger partial charge in [-0.1, -0.05) is 18.2 Å². The molecule has 0 aliphatic heterocycles. The molecule has 0 aliphatic rings. The number of nitrogens with one attached hydrogen (secondary N) is 1. The van der Waals surface area contributed by atoms with Crippen LogP contribution in [-0.4, -0.2) is 35.4 Å². The lowest BCUT2D eigenvalue weighted by Crippen LogP contribution is -2.35. The van der Waals surface area contributed by atoms with Crippen molar-refractivity contribution in [3.63, 3.8) is 0 Å². The van der Waals surface area contributed by atoms with E-state index >= 15 is 0 Å². The normalized spacial score (nSPS) is 12.5. The van der Waals surface area contributed by atoms with Crippen LogP contribution in [0, 0.1) is 6.92 Å². The van der Waals surface area contributed by atoms with Gasteiger partial charge in [0, 0.05) is 18.5 Å². The molecule has 0 saturated heterocycles. The molecule has 0 saturated carbocycles. The molecular formula is C17H19N3O2S. The molecule has 0 fully saturated rings. The maximum Gasteiger partial charge on any atom is 0.261 e. The molecule has 23 heavy (non-hydrogen) atoms. The van der Waals surface area contributed by atoms with E-state index in [9.17, 15) is 4.79 Å². The van der Waals surface area contributed by atoms with Crippen molar-refractivity contribution < 1.29 is 9.53 Å². The molecule has 1 N–H and O–H groups in total. The number of rotatable bonds is 5. The van der Waals surface area contributed by atoms with Crippen molar-refractivity contribution in [2.24, 2.45) is 0 Å². The molecule has 1 amide bonds. The molecule has 0 spiro atoms. The Labute approximate surface area is 138 Å². The zero-order chi connectivity index (χ0) is 16.4. The average molecular weight is 329 g/mol. The highest BCUT2D eigenvalue weighted by atomic mass is 32.1. The second-order valence-electron chi connectivity index (χ2n) is 5.49. The van der Waals surface area contributed by atoms with Crippen LogP contribution in [0.5, 0.6) is 0 Å². The van der Waals surface area contributed by atoms with Gasteiger partial charge in [-0.2, -0.15) is 5.10 Å². The number of aromatic nitrogens is 2. The molecule has 0 bridgehead atoms. The minimum atomic E-state index is -0.0743. The first-order chi connectivity index (χ1) is 11.1. The van der Waals surface area contributed by atoms with Crippen molar-refractivity contribution >= 4 is 27.5 Å². The van der Waals surface area contributed by atoms with Crippen LogP contribution in [0.25, 0.3) is 15.9 Å². The van der Waals surface area contributed by atoms with E-state index in [4.69, 9.17) is 4.74 Å². The Balaban J connectivity index is 1.95. The van der Waals surface area contributed by atoms with E-state index in [0.29, 0.717) is 11.5 Å². The number of carbonyl (C=O) groups is 1. The van der Waals surface area contributed by atoms with Crippen LogP contribution in [0.1, 0.15) is 22.3 Å². The molecule has 1 aromatic carbocycles. The second-order valence-corrected chi connectivity index (χ2v) is 6.52. The number of para-hydroxylation sites is 1. The van der Waals surface area contributed by atoms with Gasteiger partial charge in [-0.3, -0.25) is 4.79 Å². The first-order valence-corrected chi connectivity index (χ1v) is 8.26. The first kappa shape index (κ1) is 15.7. The van der Waals surface area contributed by atoms with Crippen LogP contribution in [0.3, 0.4) is 0 Å². The van der Waals surface area contributed by atoms with Gasteiger partial charge >= 0.3 is 0 Å². The fraction of sp³-hybridized carbons (Fsp3) is 0.294. The summed E-state index contributed by atoms with van der Waals surface area (Å²) in [6.45, 7) is 4.38. The summed E-state index contributed by atoms with van der Waals surface area (Å²) in [4.78, 5) is 14.0. The summed E-state index contributed by atoms with van der Waals surface area (Å²) in [5.41, 5.74) is 1.91. The predicted octanol–water partition coefficient (Wildman–Crippen LogP) is 3.16. The molecule has 3 aromatic rings. The van der Waals surface area contributed by atoms with Crippen molar-refractivity contribution in [2.45, 2.75) is 19.9 Å². The number of thiophene rings is 1. The van der Waals surface area contributed by atoms with Crippen molar-refractivity contribution in [1.29, 1.82) is 0 Å². The number of ether oxygens (including phenoxy) is 1. The van der Waals surface area contributed by atoms with Crippen LogP contribution in [0.4, 0.5) is 0 Å². The third kappa shape index (κ3) is 3.13. The van der Waals surface area contributed by atoms with Crippen molar-refractivity contribution in [3.05, 3.63) is 47.0 Å². The van der Waals surface area contributed by atoms with Gasteiger partial charge in [-0.05, 0) is 32.0 Å². The largest absolute Gasteiger partial charge is 0.383 e. The zero-order valence-electron chi connectivity index (χ0n) is 13.4. The third-order valence-electron chi connectivity index (χ3n) is 3.56. The van der Waals surface area contributed by atoms with Crippen molar-refractivity contribution in [2.75, 3.05) is 13.7 Å². The number of benzene rings is 1. The highest BCUT2D eigenvalue weighted by molar-refractivity contribution is 7.20. The van der Waals surface area contributed by atoms with Gasteiger partial charge in [0.2, 0.25) is 0 Å². The van der Waals surface area contributed by atoms with Crippen LogP contribution in [0.2, 0.25) is 0 Å². The molecule has 3 rings (SSSR count). The topological polar surface area (TPSA) is 56.1 Å². The standard InChI is InChI=1S/C17H19N3O2S/c1-11(10-22-3)18-16(21)15-9-14-12(2)19-20(17(14)23-15)13-7-5-4-6-8-13/h4-9,11H,10H2,1-3H3,(H,18,21)/t11-/m1/s1. The summed E-state index contributed by atoms with van der Waals surface area (Å²) in [5.74, 6) is -0.0743. The van der Waals surface area contributed by atoms with Gasteiger partial charge < -0.3 is 10.1 Å². The molecule has 0 unspecified atom stereocenters. The Morgan fingerprint density at radius 2 is 2.13 bits per heavy atom. The number of hydrogen-bond donors (Lipinski definition) is 1. The predicted molar refractivity (Wildman–Crippen MR) is 92.5 cm³/mol. The number of carbonyl (C=O) groups excluding carboxylic acids is 1. The van der Waals surface area contributed by atoms with Gasteiger partial charge in [-0.15, -0.1) is 11.3 Å². The fourth-order valence-electron chi connectivity index (χ4n) is 2.49. The summed E-state index contributed by atoms with van der Waals surface area (Å²) in [6, 6.07) is 11.8. The minimum absolute atomic E-state index is 0.0237. The first-order valence-electron chi connectivity index (χ1n) is 7.44. The van der Waals surface area contributed by atoms with E-state index in [1.54, 1.807) is 7.11 Å². The average Bonchev–Trinajstić information content (AvgIpc) is 3.09. The third-order valence-corrected chi connectivity index (χ3v) is 4.67. The lowest BCUT2D eigenvalue weighted by atomic mass is 10.3. The van der Waals surface area contributed by atoms with Gasteiger partial charge in [-0.25, -0.2) is 4.68 Å². The van der Waals surface area contributed by atoms with Crippen LogP contribution >= 0.6 is 11.3 Å². The molecule has 2 heterocycles. The molecule has 5 nitrogen and oxygen atoms in total. The summed E-state index contributed by atoms with van der Waals surface area (Å²) >= 11 is 1.46. The Morgan fingerprint density at radius 3 is 2.83 bits per heavy atom. The van der Waals surface area contributed by atoms with Crippen LogP contribution in [-0.2, 0) is 4.74 Å². The molecule has 0 aliphatic carbocycles. The molecule has 120 valence electrons. The molecular weight excluding hydrogens is 310 g/mol. The SMILES string of the molecule is COC[C@@H](C)NC(=O)c1cc2c(C)nn(-c3ccccc3)c2s1. The summed E-state index contributed by atoms with van der Waals surface area (Å²) < 4.78 is 6.95. The summed E-state index contributed by atoms with van der Waals surface area (Å²) in [5, 5.41) is 8.55. The number of nitrogens with zero attached hydrogens (tertiary/aromatic N) is 2. The fourth-order valence-corrected chi connectivity index (χ4v) is 3.58. The monoisotopic (exact) mass is 329 g/mol. The lowest BCUT2D eigenvalue weighted by Gasteiger charge is -2.11. The summed E-state index contributed by atoms with van der Waals surface area (Å²) in [6.07, 6.45) is 0. The second kappa shape index (κ2) is 6.52. The van der Waals surface area contributed by atoms with Gasteiger partial charge in [0.15, 0.2) is 0 Å². The number of fused-ring (bicyclic) bond motifs is 1. The van der Waals surface area contributed by atoms with E-state index in [1.165, 1.54) is 11.3 Å². The quantitative estimate of drug-likeness (QED) is 0.782. The van der Waals surface area contributed by atoms with E-state index < -0.39 is 0 Å². The number of aryl methyl sites for hydroxylation is 1. The van der Waals surface area contributed by atoms with E-state index in [0.717, 1.165) is 21.6 Å². The van der Waals surface area contributed by atoms with Crippen molar-refractivity contribution in [3.8, 4) is 5.69 Å². The Hall–Kier alpha value is -2.18. The molecule has 1 atom stereocenters. The molecule has 0 radical (unpaired) electrons. The maximum atomic E-state index is 12.4. The highest BCUT2D eigenvalue weighted by Gasteiger charge is 2.18. The lowest BCUT2D eigenvalue weighted by molar-refractivity contribution is 0.0909. The minimum Gasteiger partial charge on any atom is -0.383 e. The van der Waals surface area contributed by atoms with Gasteiger partial charge in [0.25, 0.3) is 5.91 Å². The van der Waals surface area contributed by atoms with Gasteiger partial charge in [0.1, 0.15) is 4.83 Å². The highest BCUT2D eigenvalue weighted by Crippen LogP contribution is 2.30. The number of hydrogen-bond acceptors (Lipinski definition) is 4. The molecule has 2 aromatic heterocycles. The van der Waals surface area contributed by atoms with E-state index in [1.807, 2.05) is 54.9 Å². The van der Waals surface area contributed by atoms with E-state index in [2.05, 4.69) is 10.4 Å². The van der Waals surface area contributed by atoms with Crippen LogP contribution < -0.4 is 5.32 Å². The Bertz CT molecular complexity index is 823. The van der Waals surface area contributed by atoms with Crippen molar-refractivity contribution in [1.82, 2.24) is 15.1 Å². The summed E-state index contributed by atoms with van der Waals surface area (Å²) in [7, 11) is 1.62. The Morgan fingerprint density at radius 1 is 1.39 bits per heavy atom. The number of amides is 1. The maximum absolute atomic E-state index is 12.4. The van der Waals surface area contributed by atoms with Gasteiger partial charge in [0.05, 0.1) is 22.9 Å². The number of methoxy groups -OCH3 is 1.